The molecule has 2 aromatic carbocycles. The Kier molecular flexibility index (Phi) is 4.09. The summed E-state index contributed by atoms with van der Waals surface area (Å²) in [5, 5.41) is 11.9. The van der Waals surface area contributed by atoms with Crippen LogP contribution < -0.4 is 5.32 Å². The minimum absolute atomic E-state index is 0.136. The van der Waals surface area contributed by atoms with Gasteiger partial charge in [0.15, 0.2) is 0 Å². The van der Waals surface area contributed by atoms with Crippen LogP contribution in [0.1, 0.15) is 38.2 Å². The first kappa shape index (κ1) is 14.8. The van der Waals surface area contributed by atoms with E-state index in [0.29, 0.717) is 16.8 Å². The van der Waals surface area contributed by atoms with E-state index in [9.17, 15) is 4.79 Å². The number of aryl methyl sites for hydroxylation is 4. The summed E-state index contributed by atoms with van der Waals surface area (Å²) in [4.78, 5) is 12.5. The number of benzene rings is 2. The standard InChI is InChI=1S/C18H18N2O/c1-11-7-13(3)17(14(4)8-11)18(21)20-16-9-15(10-19)6-5-12(16)2/h5-9H,1-4H3,(H,20,21). The van der Waals surface area contributed by atoms with Gasteiger partial charge in [-0.15, -0.1) is 0 Å². The fourth-order valence-corrected chi connectivity index (χ4v) is 2.55. The van der Waals surface area contributed by atoms with Crippen molar-refractivity contribution in [2.24, 2.45) is 0 Å². The number of hydrogen-bond donors (Lipinski definition) is 1. The molecule has 0 fully saturated rings. The quantitative estimate of drug-likeness (QED) is 0.901. The van der Waals surface area contributed by atoms with Gasteiger partial charge >= 0.3 is 0 Å². The highest BCUT2D eigenvalue weighted by Crippen LogP contribution is 2.21. The topological polar surface area (TPSA) is 52.9 Å². The smallest absolute Gasteiger partial charge is 0.256 e. The van der Waals surface area contributed by atoms with Crippen LogP contribution in [-0.4, -0.2) is 5.91 Å². The maximum atomic E-state index is 12.5. The third-order valence-corrected chi connectivity index (χ3v) is 3.52. The Morgan fingerprint density at radius 3 is 2.19 bits per heavy atom. The van der Waals surface area contributed by atoms with Gasteiger partial charge in [-0.25, -0.2) is 0 Å². The Bertz CT molecular complexity index is 731. The molecule has 3 nitrogen and oxygen atoms in total. The molecule has 0 radical (unpaired) electrons. The van der Waals surface area contributed by atoms with Crippen molar-refractivity contribution in [1.29, 1.82) is 5.26 Å². The molecule has 0 unspecified atom stereocenters. The van der Waals surface area contributed by atoms with Crippen LogP contribution >= 0.6 is 0 Å². The summed E-state index contributed by atoms with van der Waals surface area (Å²) in [7, 11) is 0. The average Bonchev–Trinajstić information content (AvgIpc) is 2.40. The van der Waals surface area contributed by atoms with E-state index in [0.717, 1.165) is 22.3 Å². The summed E-state index contributed by atoms with van der Waals surface area (Å²) in [5.74, 6) is -0.136. The van der Waals surface area contributed by atoms with E-state index < -0.39 is 0 Å². The molecule has 1 amide bonds. The number of rotatable bonds is 2. The van der Waals surface area contributed by atoms with Crippen molar-refractivity contribution in [3.63, 3.8) is 0 Å². The Morgan fingerprint density at radius 1 is 1.00 bits per heavy atom. The lowest BCUT2D eigenvalue weighted by atomic mass is 9.99. The number of carbonyl (C=O) groups excluding carboxylic acids is 1. The summed E-state index contributed by atoms with van der Waals surface area (Å²) in [5.41, 5.74) is 5.90. The van der Waals surface area contributed by atoms with E-state index >= 15 is 0 Å². The molecule has 0 spiro atoms. The first-order valence-electron chi connectivity index (χ1n) is 6.82. The lowest BCUT2D eigenvalue weighted by molar-refractivity contribution is 0.102. The van der Waals surface area contributed by atoms with Crippen LogP contribution in [0.25, 0.3) is 0 Å². The van der Waals surface area contributed by atoms with Crippen LogP contribution in [0.2, 0.25) is 0 Å². The van der Waals surface area contributed by atoms with E-state index in [4.69, 9.17) is 5.26 Å². The molecule has 0 aliphatic heterocycles. The van der Waals surface area contributed by atoms with Crippen molar-refractivity contribution < 1.29 is 4.79 Å². The van der Waals surface area contributed by atoms with Gasteiger partial charge in [0, 0.05) is 11.3 Å². The molecule has 0 heterocycles. The molecule has 0 atom stereocenters. The predicted octanol–water partition coefficient (Wildman–Crippen LogP) is 4.04. The molecule has 106 valence electrons. The predicted molar refractivity (Wildman–Crippen MR) is 84.5 cm³/mol. The SMILES string of the molecule is Cc1cc(C)c(C(=O)Nc2cc(C#N)ccc2C)c(C)c1. The van der Waals surface area contributed by atoms with Crippen LogP contribution in [0, 0.1) is 39.0 Å². The molecule has 0 bridgehead atoms. The van der Waals surface area contributed by atoms with Gasteiger partial charge in [0.1, 0.15) is 0 Å². The van der Waals surface area contributed by atoms with Gasteiger partial charge in [-0.1, -0.05) is 23.8 Å². The van der Waals surface area contributed by atoms with Crippen LogP contribution in [0.15, 0.2) is 30.3 Å². The minimum atomic E-state index is -0.136. The van der Waals surface area contributed by atoms with Crippen molar-refractivity contribution in [3.05, 3.63) is 63.7 Å². The summed E-state index contributed by atoms with van der Waals surface area (Å²) in [6.45, 7) is 7.80. The van der Waals surface area contributed by atoms with E-state index in [2.05, 4.69) is 11.4 Å². The number of anilines is 1. The van der Waals surface area contributed by atoms with Gasteiger partial charge in [0.05, 0.1) is 11.6 Å². The van der Waals surface area contributed by atoms with E-state index in [1.807, 2.05) is 45.9 Å². The summed E-state index contributed by atoms with van der Waals surface area (Å²) in [6.07, 6.45) is 0. The Balaban J connectivity index is 2.37. The van der Waals surface area contributed by atoms with Crippen molar-refractivity contribution in [1.82, 2.24) is 0 Å². The molecule has 1 N–H and O–H groups in total. The monoisotopic (exact) mass is 278 g/mol. The minimum Gasteiger partial charge on any atom is -0.322 e. The van der Waals surface area contributed by atoms with Crippen LogP contribution in [-0.2, 0) is 0 Å². The van der Waals surface area contributed by atoms with E-state index in [1.54, 1.807) is 12.1 Å². The maximum absolute atomic E-state index is 12.5. The van der Waals surface area contributed by atoms with Gasteiger partial charge in [-0.05, 0) is 56.5 Å². The first-order valence-corrected chi connectivity index (χ1v) is 6.82. The van der Waals surface area contributed by atoms with Crippen molar-refractivity contribution in [3.8, 4) is 6.07 Å². The zero-order valence-electron chi connectivity index (χ0n) is 12.7. The number of nitriles is 1. The highest BCUT2D eigenvalue weighted by atomic mass is 16.1. The summed E-state index contributed by atoms with van der Waals surface area (Å²) in [6, 6.07) is 11.4. The second-order valence-electron chi connectivity index (χ2n) is 5.37. The number of amides is 1. The fourth-order valence-electron chi connectivity index (χ4n) is 2.55. The first-order chi connectivity index (χ1) is 9.92. The molecule has 21 heavy (non-hydrogen) atoms. The number of nitrogens with zero attached hydrogens (tertiary/aromatic N) is 1. The maximum Gasteiger partial charge on any atom is 0.256 e. The zero-order chi connectivity index (χ0) is 15.6. The zero-order valence-corrected chi connectivity index (χ0v) is 12.7. The van der Waals surface area contributed by atoms with Gasteiger partial charge in [0.25, 0.3) is 5.91 Å². The molecule has 2 aromatic rings. The molecule has 0 saturated carbocycles. The molecule has 3 heteroatoms. The normalized spacial score (nSPS) is 10.0. The Morgan fingerprint density at radius 2 is 1.62 bits per heavy atom. The van der Waals surface area contributed by atoms with Crippen LogP contribution in [0.4, 0.5) is 5.69 Å². The number of hydrogen-bond acceptors (Lipinski definition) is 2. The summed E-state index contributed by atoms with van der Waals surface area (Å²) < 4.78 is 0. The molecular weight excluding hydrogens is 260 g/mol. The number of nitrogens with one attached hydrogen (secondary N) is 1. The summed E-state index contributed by atoms with van der Waals surface area (Å²) >= 11 is 0. The molecule has 0 aliphatic carbocycles. The lowest BCUT2D eigenvalue weighted by Gasteiger charge is -2.13. The van der Waals surface area contributed by atoms with Crippen LogP contribution in [0.3, 0.4) is 0 Å². The van der Waals surface area contributed by atoms with Crippen molar-refractivity contribution in [2.45, 2.75) is 27.7 Å². The molecule has 0 saturated heterocycles. The average molecular weight is 278 g/mol. The van der Waals surface area contributed by atoms with Crippen molar-refractivity contribution in [2.75, 3.05) is 5.32 Å². The van der Waals surface area contributed by atoms with Gasteiger partial charge in [-0.2, -0.15) is 5.26 Å². The molecule has 0 aromatic heterocycles. The number of carbonyl (C=O) groups is 1. The highest BCUT2D eigenvalue weighted by Gasteiger charge is 2.14. The van der Waals surface area contributed by atoms with E-state index in [1.165, 1.54) is 0 Å². The third-order valence-electron chi connectivity index (χ3n) is 3.52. The molecular formula is C18H18N2O. The fraction of sp³-hybridized carbons (Fsp3) is 0.222. The van der Waals surface area contributed by atoms with Gasteiger partial charge in [0.2, 0.25) is 0 Å². The second kappa shape index (κ2) is 5.80. The Hall–Kier alpha value is -2.60. The Labute approximate surface area is 125 Å². The lowest BCUT2D eigenvalue weighted by Crippen LogP contribution is -2.16. The third kappa shape index (κ3) is 3.11. The van der Waals surface area contributed by atoms with Crippen molar-refractivity contribution >= 4 is 11.6 Å². The van der Waals surface area contributed by atoms with E-state index in [-0.39, 0.29) is 5.91 Å². The second-order valence-corrected chi connectivity index (χ2v) is 5.37. The molecule has 2 rings (SSSR count). The van der Waals surface area contributed by atoms with Gasteiger partial charge in [-0.3, -0.25) is 4.79 Å². The largest absolute Gasteiger partial charge is 0.322 e. The van der Waals surface area contributed by atoms with Crippen LogP contribution in [0.5, 0.6) is 0 Å². The van der Waals surface area contributed by atoms with Gasteiger partial charge < -0.3 is 5.32 Å². The molecule has 0 aliphatic rings. The highest BCUT2D eigenvalue weighted by molar-refractivity contribution is 6.06.